The predicted molar refractivity (Wildman–Crippen MR) is 92.5 cm³/mol. The highest BCUT2D eigenvalue weighted by molar-refractivity contribution is 6.73. The average molecular weight is 333 g/mol. The van der Waals surface area contributed by atoms with Crippen molar-refractivity contribution in [2.24, 2.45) is 0 Å². The van der Waals surface area contributed by atoms with Crippen LogP contribution in [0.25, 0.3) is 0 Å². The van der Waals surface area contributed by atoms with Gasteiger partial charge in [0.25, 0.3) is 0 Å². The van der Waals surface area contributed by atoms with E-state index in [1.807, 2.05) is 34.6 Å². The molecule has 5 heteroatoms. The van der Waals surface area contributed by atoms with Crippen LogP contribution in [-0.2, 0) is 13.9 Å². The van der Waals surface area contributed by atoms with E-state index in [-0.39, 0.29) is 24.1 Å². The molecule has 4 atom stereocenters. The summed E-state index contributed by atoms with van der Waals surface area (Å²) in [5, 5.41) is 11.0. The summed E-state index contributed by atoms with van der Waals surface area (Å²) in [6, 6.07) is 3.21. The second kappa shape index (κ2) is 7.30. The lowest BCUT2D eigenvalue weighted by atomic mass is 9.89. The maximum atomic E-state index is 11.0. The Bertz CT molecular complexity index is 339. The molecule has 1 saturated heterocycles. The molecule has 1 rings (SSSR count). The highest BCUT2D eigenvalue weighted by Gasteiger charge is 2.49. The Kier molecular flexibility index (Phi) is 6.67. The van der Waals surface area contributed by atoms with Crippen LogP contribution in [0.5, 0.6) is 0 Å². The number of hydrogen-bond acceptors (Lipinski definition) is 4. The molecule has 4 nitrogen and oxygen atoms in total. The fourth-order valence-electron chi connectivity index (χ4n) is 3.27. The first-order valence-electron chi connectivity index (χ1n) is 8.72. The topological polar surface area (TPSA) is 47.9 Å². The van der Waals surface area contributed by atoms with Crippen LogP contribution in [0.1, 0.15) is 61.8 Å². The summed E-state index contributed by atoms with van der Waals surface area (Å²) >= 11 is 0. The second-order valence-corrected chi connectivity index (χ2v) is 12.6. The largest absolute Gasteiger partial charge is 0.408 e. The Morgan fingerprint density at radius 2 is 1.68 bits per heavy atom. The van der Waals surface area contributed by atoms with Gasteiger partial charge in [-0.25, -0.2) is 0 Å². The van der Waals surface area contributed by atoms with Crippen molar-refractivity contribution in [1.82, 2.24) is 0 Å². The summed E-state index contributed by atoms with van der Waals surface area (Å²) in [5.74, 6) is 0. The van der Waals surface area contributed by atoms with E-state index in [9.17, 15) is 5.11 Å². The summed E-state index contributed by atoms with van der Waals surface area (Å²) < 4.78 is 18.5. The van der Waals surface area contributed by atoms with Gasteiger partial charge in [0.15, 0.2) is 14.6 Å². The molecule has 1 heterocycles. The zero-order valence-corrected chi connectivity index (χ0v) is 16.7. The third-order valence-electron chi connectivity index (χ3n) is 4.78. The Hall–Kier alpha value is 0.0569. The Balaban J connectivity index is 2.86. The minimum absolute atomic E-state index is 0.173. The van der Waals surface area contributed by atoms with Gasteiger partial charge in [-0.05, 0) is 52.8 Å². The molecule has 1 fully saturated rings. The van der Waals surface area contributed by atoms with Crippen LogP contribution in [-0.4, -0.2) is 43.1 Å². The van der Waals surface area contributed by atoms with Crippen molar-refractivity contribution in [3.63, 3.8) is 0 Å². The minimum atomic E-state index is -1.79. The van der Waals surface area contributed by atoms with Crippen molar-refractivity contribution >= 4 is 8.32 Å². The number of rotatable bonds is 6. The van der Waals surface area contributed by atoms with E-state index in [1.54, 1.807) is 0 Å². The van der Waals surface area contributed by atoms with E-state index in [0.717, 1.165) is 18.1 Å². The molecule has 0 aliphatic carbocycles. The van der Waals surface area contributed by atoms with E-state index in [0.29, 0.717) is 6.42 Å². The predicted octanol–water partition coefficient (Wildman–Crippen LogP) is 4.08. The van der Waals surface area contributed by atoms with E-state index >= 15 is 0 Å². The van der Waals surface area contributed by atoms with Crippen molar-refractivity contribution in [1.29, 1.82) is 0 Å². The molecule has 1 aliphatic rings. The molecule has 0 unspecified atom stereocenters. The summed E-state index contributed by atoms with van der Waals surface area (Å²) in [4.78, 5) is 0. The highest BCUT2D eigenvalue weighted by atomic mass is 28.4. The Labute approximate surface area is 137 Å². The van der Waals surface area contributed by atoms with Gasteiger partial charge in [0, 0.05) is 6.42 Å². The van der Waals surface area contributed by atoms with Gasteiger partial charge in [0.1, 0.15) is 0 Å². The van der Waals surface area contributed by atoms with Gasteiger partial charge >= 0.3 is 0 Å². The standard InChI is InChI=1S/C17H36O4Si/c1-9-22(10-2,11-3)21-15-13(4)19-14(12-17(15,8)18)20-16(5,6)7/h13-15,18H,9-12H2,1-8H3/t13-,14-,15-,17+/m0/s1. The number of ether oxygens (including phenoxy) is 2. The monoisotopic (exact) mass is 332 g/mol. The van der Waals surface area contributed by atoms with E-state index in [1.165, 1.54) is 0 Å². The first-order chi connectivity index (χ1) is 9.98. The molecule has 1 N–H and O–H groups in total. The smallest absolute Gasteiger partial charge is 0.192 e. The molecule has 0 aromatic rings. The molecule has 0 amide bonds. The molecular weight excluding hydrogens is 296 g/mol. The molecule has 0 spiro atoms. The average Bonchev–Trinajstić information content (AvgIpc) is 2.36. The quantitative estimate of drug-likeness (QED) is 0.745. The van der Waals surface area contributed by atoms with E-state index < -0.39 is 13.9 Å². The molecule has 0 saturated carbocycles. The third-order valence-corrected chi connectivity index (χ3v) is 9.40. The fourth-order valence-corrected chi connectivity index (χ4v) is 6.26. The minimum Gasteiger partial charge on any atom is -0.408 e. The van der Waals surface area contributed by atoms with Gasteiger partial charge in [-0.2, -0.15) is 0 Å². The summed E-state index contributed by atoms with van der Waals surface area (Å²) in [6.45, 7) is 16.5. The maximum absolute atomic E-state index is 11.0. The Morgan fingerprint density at radius 1 is 1.18 bits per heavy atom. The van der Waals surface area contributed by atoms with Crippen molar-refractivity contribution in [3.8, 4) is 0 Å². The molecule has 0 aromatic carbocycles. The molecule has 0 bridgehead atoms. The lowest BCUT2D eigenvalue weighted by Gasteiger charge is -2.48. The normalized spacial score (nSPS) is 34.0. The van der Waals surface area contributed by atoms with Crippen LogP contribution in [0.2, 0.25) is 18.1 Å². The van der Waals surface area contributed by atoms with Gasteiger partial charge in [-0.3, -0.25) is 0 Å². The van der Waals surface area contributed by atoms with Crippen molar-refractivity contribution in [2.75, 3.05) is 0 Å². The van der Waals surface area contributed by atoms with Crippen LogP contribution in [0.15, 0.2) is 0 Å². The fraction of sp³-hybridized carbons (Fsp3) is 1.00. The van der Waals surface area contributed by atoms with Gasteiger partial charge in [0.05, 0.1) is 23.4 Å². The molecule has 0 aromatic heterocycles. The zero-order valence-electron chi connectivity index (χ0n) is 15.7. The van der Waals surface area contributed by atoms with Crippen LogP contribution in [0.4, 0.5) is 0 Å². The van der Waals surface area contributed by atoms with Gasteiger partial charge in [-0.1, -0.05) is 20.8 Å². The number of aliphatic hydroxyl groups is 1. The van der Waals surface area contributed by atoms with Gasteiger partial charge in [0.2, 0.25) is 0 Å². The zero-order chi connectivity index (χ0) is 17.2. The molecule has 0 radical (unpaired) electrons. The first kappa shape index (κ1) is 20.1. The van der Waals surface area contributed by atoms with Gasteiger partial charge < -0.3 is 19.0 Å². The highest BCUT2D eigenvalue weighted by Crippen LogP contribution is 2.37. The molecular formula is C17H36O4Si. The van der Waals surface area contributed by atoms with E-state index in [2.05, 4.69) is 20.8 Å². The maximum Gasteiger partial charge on any atom is 0.192 e. The van der Waals surface area contributed by atoms with Crippen LogP contribution in [0.3, 0.4) is 0 Å². The number of hydrogen-bond donors (Lipinski definition) is 1. The Morgan fingerprint density at radius 3 is 2.05 bits per heavy atom. The molecule has 132 valence electrons. The van der Waals surface area contributed by atoms with E-state index in [4.69, 9.17) is 13.9 Å². The van der Waals surface area contributed by atoms with Crippen LogP contribution >= 0.6 is 0 Å². The van der Waals surface area contributed by atoms with Crippen molar-refractivity contribution < 1.29 is 19.0 Å². The molecule has 1 aliphatic heterocycles. The first-order valence-corrected chi connectivity index (χ1v) is 11.2. The van der Waals surface area contributed by atoms with Crippen molar-refractivity contribution in [2.45, 2.75) is 110 Å². The summed E-state index contributed by atoms with van der Waals surface area (Å²) in [5.41, 5.74) is -1.21. The van der Waals surface area contributed by atoms with Crippen molar-refractivity contribution in [3.05, 3.63) is 0 Å². The van der Waals surface area contributed by atoms with Crippen LogP contribution in [0, 0.1) is 0 Å². The lowest BCUT2D eigenvalue weighted by molar-refractivity contribution is -0.290. The SMILES string of the molecule is CC[Si](CC)(CC)O[C@H]1[C@H](C)O[C@@H](OC(C)(C)C)C[C@@]1(C)O. The summed E-state index contributed by atoms with van der Waals surface area (Å²) in [7, 11) is -1.79. The van der Waals surface area contributed by atoms with Crippen LogP contribution < -0.4 is 0 Å². The third kappa shape index (κ3) is 5.03. The second-order valence-electron chi connectivity index (χ2n) is 7.84. The molecule has 22 heavy (non-hydrogen) atoms. The van der Waals surface area contributed by atoms with Gasteiger partial charge in [-0.15, -0.1) is 0 Å². The lowest BCUT2D eigenvalue weighted by Crippen LogP contribution is -2.60. The summed E-state index contributed by atoms with van der Waals surface area (Å²) in [6.07, 6.45) is -0.391.